The summed E-state index contributed by atoms with van der Waals surface area (Å²) in [6, 6.07) is 12.9. The van der Waals surface area contributed by atoms with Crippen molar-refractivity contribution in [3.63, 3.8) is 0 Å². The number of fused-ring (bicyclic) bond motifs is 1. The van der Waals surface area contributed by atoms with Crippen molar-refractivity contribution in [1.82, 2.24) is 19.1 Å². The third kappa shape index (κ3) is 3.27. The number of imidazole rings is 1. The van der Waals surface area contributed by atoms with E-state index in [1.165, 1.54) is 4.57 Å². The molecule has 0 fully saturated rings. The highest BCUT2D eigenvalue weighted by Crippen LogP contribution is 2.29. The van der Waals surface area contributed by atoms with Gasteiger partial charge in [-0.05, 0) is 30.3 Å². The summed E-state index contributed by atoms with van der Waals surface area (Å²) in [5.41, 5.74) is 1.34. The highest BCUT2D eigenvalue weighted by molar-refractivity contribution is 5.78. The van der Waals surface area contributed by atoms with Gasteiger partial charge in [0, 0.05) is 45.7 Å². The number of aryl methyl sites for hydroxylation is 2. The van der Waals surface area contributed by atoms with Crippen molar-refractivity contribution in [2.75, 3.05) is 12.4 Å². The van der Waals surface area contributed by atoms with Crippen LogP contribution in [0, 0.1) is 0 Å². The van der Waals surface area contributed by atoms with Gasteiger partial charge in [0.2, 0.25) is 0 Å². The quantitative estimate of drug-likeness (QED) is 0.575. The Hall–Kier alpha value is -3.81. The first kappa shape index (κ1) is 17.6. The Morgan fingerprint density at radius 2 is 1.86 bits per heavy atom. The van der Waals surface area contributed by atoms with Crippen molar-refractivity contribution in [2.45, 2.75) is 0 Å². The molecule has 3 heterocycles. The Labute approximate surface area is 161 Å². The molecule has 0 atom stereocenters. The minimum atomic E-state index is -0.225. The maximum absolute atomic E-state index is 12.2. The van der Waals surface area contributed by atoms with Crippen LogP contribution in [-0.2, 0) is 14.1 Å². The summed E-state index contributed by atoms with van der Waals surface area (Å²) < 4.78 is 14.9. The molecule has 0 aliphatic carbocycles. The number of aromatic nitrogens is 4. The Balaban J connectivity index is 1.66. The largest absolute Gasteiger partial charge is 0.457 e. The molecule has 0 bridgehead atoms. The molecule has 8 heteroatoms. The molecule has 0 saturated heterocycles. The highest BCUT2D eigenvalue weighted by Gasteiger charge is 2.13. The molecular formula is C20H19N5O3. The number of nitrogens with one attached hydrogen (secondary N) is 1. The van der Waals surface area contributed by atoms with Crippen LogP contribution >= 0.6 is 0 Å². The van der Waals surface area contributed by atoms with E-state index in [9.17, 15) is 4.79 Å². The number of pyridine rings is 2. The first-order valence-corrected chi connectivity index (χ1v) is 8.67. The molecule has 28 heavy (non-hydrogen) atoms. The summed E-state index contributed by atoms with van der Waals surface area (Å²) in [4.78, 5) is 20.8. The number of benzene rings is 1. The smallest absolute Gasteiger partial charge is 0.302 e. The van der Waals surface area contributed by atoms with Gasteiger partial charge in [-0.1, -0.05) is 0 Å². The van der Waals surface area contributed by atoms with Gasteiger partial charge >= 0.3 is 6.01 Å². The van der Waals surface area contributed by atoms with E-state index < -0.39 is 0 Å². The number of rotatable bonds is 5. The average molecular weight is 377 g/mol. The van der Waals surface area contributed by atoms with Gasteiger partial charge in [0.15, 0.2) is 5.75 Å². The lowest BCUT2D eigenvalue weighted by molar-refractivity contribution is 0.418. The Morgan fingerprint density at radius 1 is 1.04 bits per heavy atom. The van der Waals surface area contributed by atoms with Crippen molar-refractivity contribution in [3.05, 3.63) is 65.2 Å². The van der Waals surface area contributed by atoms with Gasteiger partial charge in [0.25, 0.3) is 5.56 Å². The number of ether oxygens (including phenoxy) is 2. The molecule has 4 aromatic rings. The van der Waals surface area contributed by atoms with Crippen molar-refractivity contribution in [1.29, 1.82) is 0 Å². The van der Waals surface area contributed by atoms with Gasteiger partial charge in [0.05, 0.1) is 11.0 Å². The van der Waals surface area contributed by atoms with Crippen LogP contribution in [0.1, 0.15) is 0 Å². The van der Waals surface area contributed by atoms with Gasteiger partial charge in [0.1, 0.15) is 17.3 Å². The standard InChI is InChI=1S/C20H19N5O3/c1-21-18-12-14(8-9-22-18)27-13-6-7-15-16(11-13)25(3)20(23-15)28-17-5-4-10-24(2)19(17)26/h4-12H,1-3H3,(H,21,22). The van der Waals surface area contributed by atoms with Gasteiger partial charge in [-0.15, -0.1) is 0 Å². The van der Waals surface area contributed by atoms with Crippen LogP contribution < -0.4 is 20.3 Å². The monoisotopic (exact) mass is 377 g/mol. The second kappa shape index (κ2) is 7.07. The van der Waals surface area contributed by atoms with Gasteiger partial charge in [-0.2, -0.15) is 4.98 Å². The fraction of sp³-hybridized carbons (Fsp3) is 0.150. The minimum Gasteiger partial charge on any atom is -0.457 e. The molecule has 1 aromatic carbocycles. The zero-order valence-corrected chi connectivity index (χ0v) is 15.7. The van der Waals surface area contributed by atoms with Crippen LogP contribution in [0.15, 0.2) is 59.7 Å². The third-order valence-electron chi connectivity index (χ3n) is 4.32. The minimum absolute atomic E-state index is 0.219. The zero-order valence-electron chi connectivity index (χ0n) is 15.7. The van der Waals surface area contributed by atoms with E-state index in [0.29, 0.717) is 17.5 Å². The van der Waals surface area contributed by atoms with E-state index in [4.69, 9.17) is 9.47 Å². The van der Waals surface area contributed by atoms with E-state index >= 15 is 0 Å². The topological polar surface area (TPSA) is 83.2 Å². The molecule has 142 valence electrons. The molecule has 0 aliphatic rings. The average Bonchev–Trinajstić information content (AvgIpc) is 3.01. The Bertz CT molecular complexity index is 1210. The first-order valence-electron chi connectivity index (χ1n) is 8.67. The van der Waals surface area contributed by atoms with Gasteiger partial charge in [-0.25, -0.2) is 4.98 Å². The van der Waals surface area contributed by atoms with Gasteiger partial charge in [-0.3, -0.25) is 9.36 Å². The lowest BCUT2D eigenvalue weighted by atomic mass is 10.3. The van der Waals surface area contributed by atoms with Crippen molar-refractivity contribution < 1.29 is 9.47 Å². The normalized spacial score (nSPS) is 10.8. The van der Waals surface area contributed by atoms with E-state index in [1.54, 1.807) is 49.3 Å². The van der Waals surface area contributed by atoms with E-state index in [-0.39, 0.29) is 11.3 Å². The van der Waals surface area contributed by atoms with Crippen molar-refractivity contribution >= 4 is 16.9 Å². The molecule has 0 aliphatic heterocycles. The molecule has 0 radical (unpaired) electrons. The SMILES string of the molecule is CNc1cc(Oc2ccc3nc(Oc4cccn(C)c4=O)n(C)c3c2)ccn1. The molecule has 0 amide bonds. The summed E-state index contributed by atoms with van der Waals surface area (Å²) in [6.45, 7) is 0. The van der Waals surface area contributed by atoms with Crippen LogP contribution in [0.5, 0.6) is 23.3 Å². The Kier molecular flexibility index (Phi) is 4.44. The molecule has 0 spiro atoms. The summed E-state index contributed by atoms with van der Waals surface area (Å²) in [7, 11) is 5.30. The first-order chi connectivity index (χ1) is 13.5. The highest BCUT2D eigenvalue weighted by atomic mass is 16.5. The lowest BCUT2D eigenvalue weighted by Gasteiger charge is -2.08. The van der Waals surface area contributed by atoms with Crippen molar-refractivity contribution in [3.8, 4) is 23.3 Å². The molecule has 1 N–H and O–H groups in total. The lowest BCUT2D eigenvalue weighted by Crippen LogP contribution is -2.17. The van der Waals surface area contributed by atoms with Gasteiger partial charge < -0.3 is 19.4 Å². The Morgan fingerprint density at radius 3 is 2.68 bits per heavy atom. The third-order valence-corrected chi connectivity index (χ3v) is 4.32. The zero-order chi connectivity index (χ0) is 19.7. The van der Waals surface area contributed by atoms with Crippen LogP contribution in [-0.4, -0.2) is 26.1 Å². The van der Waals surface area contributed by atoms with Crippen LogP contribution in [0.25, 0.3) is 11.0 Å². The van der Waals surface area contributed by atoms with Crippen LogP contribution in [0.4, 0.5) is 5.82 Å². The summed E-state index contributed by atoms with van der Waals surface area (Å²) in [6.07, 6.45) is 3.35. The predicted octanol–water partition coefficient (Wildman–Crippen LogP) is 3.29. The molecule has 3 aromatic heterocycles. The predicted molar refractivity (Wildman–Crippen MR) is 106 cm³/mol. The fourth-order valence-corrected chi connectivity index (χ4v) is 2.80. The van der Waals surface area contributed by atoms with E-state index in [1.807, 2.05) is 31.3 Å². The number of anilines is 1. The second-order valence-corrected chi connectivity index (χ2v) is 6.22. The maximum Gasteiger partial charge on any atom is 0.302 e. The van der Waals surface area contributed by atoms with E-state index in [2.05, 4.69) is 15.3 Å². The van der Waals surface area contributed by atoms with Crippen LogP contribution in [0.2, 0.25) is 0 Å². The maximum atomic E-state index is 12.2. The fourth-order valence-electron chi connectivity index (χ4n) is 2.80. The summed E-state index contributed by atoms with van der Waals surface area (Å²) in [5.74, 6) is 2.27. The molecule has 0 saturated carbocycles. The molecule has 4 rings (SSSR count). The van der Waals surface area contributed by atoms with Crippen LogP contribution in [0.3, 0.4) is 0 Å². The van der Waals surface area contributed by atoms with E-state index in [0.717, 1.165) is 16.9 Å². The molecule has 0 unspecified atom stereocenters. The molecular weight excluding hydrogens is 358 g/mol. The second-order valence-electron chi connectivity index (χ2n) is 6.22. The number of hydrogen-bond acceptors (Lipinski definition) is 6. The van der Waals surface area contributed by atoms with Crippen molar-refractivity contribution in [2.24, 2.45) is 14.1 Å². The number of hydrogen-bond donors (Lipinski definition) is 1. The molecule has 8 nitrogen and oxygen atoms in total. The summed E-state index contributed by atoms with van der Waals surface area (Å²) in [5, 5.41) is 2.98. The summed E-state index contributed by atoms with van der Waals surface area (Å²) >= 11 is 0. The number of nitrogens with zero attached hydrogens (tertiary/aromatic N) is 4.